The first-order chi connectivity index (χ1) is 4.20. The lowest BCUT2D eigenvalue weighted by molar-refractivity contribution is 0.141. The van der Waals surface area contributed by atoms with Crippen LogP contribution in [0.4, 0.5) is 0 Å². The molecule has 0 spiro atoms. The molecular formula is C8H14O. The molecule has 1 aliphatic rings. The van der Waals surface area contributed by atoms with E-state index in [1.54, 1.807) is 0 Å². The maximum Gasteiger partial charge on any atom is 0.0746 e. The fourth-order valence-electron chi connectivity index (χ4n) is 1.30. The zero-order valence-electron chi connectivity index (χ0n) is 6.04. The molecule has 0 unspecified atom stereocenters. The largest absolute Gasteiger partial charge is 0.389 e. The molecule has 1 heteroatoms. The van der Waals surface area contributed by atoms with E-state index in [9.17, 15) is 5.11 Å². The van der Waals surface area contributed by atoms with Crippen molar-refractivity contribution >= 4 is 0 Å². The van der Waals surface area contributed by atoms with E-state index in [0.29, 0.717) is 11.8 Å². The SMILES string of the molecule is C[C@@H]1C=C[C@@H](O)[C@H](C)C1. The third-order valence-corrected chi connectivity index (χ3v) is 1.96. The Balaban J connectivity index is 2.54. The Morgan fingerprint density at radius 2 is 2.00 bits per heavy atom. The predicted molar refractivity (Wildman–Crippen MR) is 38.1 cm³/mol. The first kappa shape index (κ1) is 6.81. The Labute approximate surface area is 56.4 Å². The summed E-state index contributed by atoms with van der Waals surface area (Å²) in [5.74, 6) is 1.10. The fraction of sp³-hybridized carbons (Fsp3) is 0.750. The number of allylic oxidation sites excluding steroid dienone is 1. The van der Waals surface area contributed by atoms with Gasteiger partial charge in [-0.1, -0.05) is 26.0 Å². The minimum absolute atomic E-state index is 0.193. The molecular weight excluding hydrogens is 112 g/mol. The Hall–Kier alpha value is -0.300. The van der Waals surface area contributed by atoms with Crippen LogP contribution in [0.25, 0.3) is 0 Å². The van der Waals surface area contributed by atoms with Crippen molar-refractivity contribution in [2.75, 3.05) is 0 Å². The summed E-state index contributed by atoms with van der Waals surface area (Å²) >= 11 is 0. The van der Waals surface area contributed by atoms with Crippen molar-refractivity contribution < 1.29 is 5.11 Å². The number of hydrogen-bond acceptors (Lipinski definition) is 1. The van der Waals surface area contributed by atoms with Gasteiger partial charge in [-0.15, -0.1) is 0 Å². The van der Waals surface area contributed by atoms with Gasteiger partial charge in [0.25, 0.3) is 0 Å². The van der Waals surface area contributed by atoms with Crippen LogP contribution < -0.4 is 0 Å². The summed E-state index contributed by atoms with van der Waals surface area (Å²) in [6.45, 7) is 4.27. The highest BCUT2D eigenvalue weighted by molar-refractivity contribution is 4.99. The molecule has 0 saturated carbocycles. The van der Waals surface area contributed by atoms with Gasteiger partial charge in [0.15, 0.2) is 0 Å². The first-order valence-corrected chi connectivity index (χ1v) is 3.56. The second-order valence-corrected chi connectivity index (χ2v) is 3.07. The average Bonchev–Trinajstić information content (AvgIpc) is 1.80. The maximum absolute atomic E-state index is 9.21. The monoisotopic (exact) mass is 126 g/mol. The van der Waals surface area contributed by atoms with Crippen molar-refractivity contribution in [2.45, 2.75) is 26.4 Å². The Morgan fingerprint density at radius 1 is 1.33 bits per heavy atom. The molecule has 0 aliphatic heterocycles. The maximum atomic E-state index is 9.21. The summed E-state index contributed by atoms with van der Waals surface area (Å²) in [6, 6.07) is 0. The van der Waals surface area contributed by atoms with E-state index in [1.807, 2.05) is 6.08 Å². The highest BCUT2D eigenvalue weighted by atomic mass is 16.3. The zero-order valence-corrected chi connectivity index (χ0v) is 6.04. The third kappa shape index (κ3) is 1.55. The summed E-state index contributed by atoms with van der Waals surface area (Å²) in [5, 5.41) is 9.21. The van der Waals surface area contributed by atoms with Gasteiger partial charge in [0, 0.05) is 0 Å². The van der Waals surface area contributed by atoms with E-state index >= 15 is 0 Å². The summed E-state index contributed by atoms with van der Waals surface area (Å²) in [6.07, 6.45) is 4.92. The van der Waals surface area contributed by atoms with Crippen LogP contribution in [0.3, 0.4) is 0 Å². The molecule has 0 aromatic heterocycles. The van der Waals surface area contributed by atoms with Crippen molar-refractivity contribution in [1.29, 1.82) is 0 Å². The summed E-state index contributed by atoms with van der Waals surface area (Å²) in [7, 11) is 0. The van der Waals surface area contributed by atoms with Gasteiger partial charge in [-0.3, -0.25) is 0 Å². The molecule has 0 fully saturated rings. The van der Waals surface area contributed by atoms with Crippen molar-refractivity contribution in [3.63, 3.8) is 0 Å². The molecule has 0 aromatic rings. The van der Waals surface area contributed by atoms with E-state index in [4.69, 9.17) is 0 Å². The first-order valence-electron chi connectivity index (χ1n) is 3.56. The fourth-order valence-corrected chi connectivity index (χ4v) is 1.30. The van der Waals surface area contributed by atoms with Crippen LogP contribution in [0.15, 0.2) is 12.2 Å². The van der Waals surface area contributed by atoms with Crippen LogP contribution in [-0.2, 0) is 0 Å². The predicted octanol–water partition coefficient (Wildman–Crippen LogP) is 1.58. The molecule has 1 N–H and O–H groups in total. The number of hydrogen-bond donors (Lipinski definition) is 1. The molecule has 0 heterocycles. The van der Waals surface area contributed by atoms with Crippen LogP contribution in [0, 0.1) is 11.8 Å². The molecule has 0 radical (unpaired) electrons. The molecule has 1 aliphatic carbocycles. The minimum atomic E-state index is -0.193. The van der Waals surface area contributed by atoms with Crippen LogP contribution in [-0.4, -0.2) is 11.2 Å². The van der Waals surface area contributed by atoms with Crippen molar-refractivity contribution in [3.05, 3.63) is 12.2 Å². The molecule has 3 atom stereocenters. The van der Waals surface area contributed by atoms with Crippen LogP contribution in [0.5, 0.6) is 0 Å². The number of aliphatic hydroxyl groups is 1. The smallest absolute Gasteiger partial charge is 0.0746 e. The highest BCUT2D eigenvalue weighted by Crippen LogP contribution is 2.22. The molecule has 9 heavy (non-hydrogen) atoms. The molecule has 0 bridgehead atoms. The lowest BCUT2D eigenvalue weighted by atomic mass is 9.87. The number of aliphatic hydroxyl groups excluding tert-OH is 1. The van der Waals surface area contributed by atoms with Crippen LogP contribution in [0.2, 0.25) is 0 Å². The standard InChI is InChI=1S/C8H14O/c1-6-3-4-8(9)7(2)5-6/h3-4,6-9H,5H2,1-2H3/t6-,7-,8-/m1/s1. The third-order valence-electron chi connectivity index (χ3n) is 1.96. The van der Waals surface area contributed by atoms with E-state index in [0.717, 1.165) is 6.42 Å². The average molecular weight is 126 g/mol. The normalized spacial score (nSPS) is 43.2. The van der Waals surface area contributed by atoms with Crippen LogP contribution >= 0.6 is 0 Å². The van der Waals surface area contributed by atoms with Gasteiger partial charge < -0.3 is 5.11 Å². The second kappa shape index (κ2) is 2.53. The topological polar surface area (TPSA) is 20.2 Å². The van der Waals surface area contributed by atoms with Gasteiger partial charge in [-0.05, 0) is 18.3 Å². The van der Waals surface area contributed by atoms with Crippen LogP contribution in [0.1, 0.15) is 20.3 Å². The number of rotatable bonds is 0. The van der Waals surface area contributed by atoms with Gasteiger partial charge in [0.2, 0.25) is 0 Å². The van der Waals surface area contributed by atoms with Crippen molar-refractivity contribution in [2.24, 2.45) is 11.8 Å². The zero-order chi connectivity index (χ0) is 6.85. The van der Waals surface area contributed by atoms with Gasteiger partial charge in [0.05, 0.1) is 6.10 Å². The molecule has 1 nitrogen and oxygen atoms in total. The van der Waals surface area contributed by atoms with Gasteiger partial charge in [-0.25, -0.2) is 0 Å². The summed E-state index contributed by atoms with van der Waals surface area (Å²) in [5.41, 5.74) is 0. The van der Waals surface area contributed by atoms with E-state index in [-0.39, 0.29) is 6.10 Å². The van der Waals surface area contributed by atoms with Gasteiger partial charge in [-0.2, -0.15) is 0 Å². The lowest BCUT2D eigenvalue weighted by Crippen LogP contribution is -2.20. The quantitative estimate of drug-likeness (QED) is 0.488. The molecule has 1 rings (SSSR count). The molecule has 0 amide bonds. The van der Waals surface area contributed by atoms with E-state index in [1.165, 1.54) is 0 Å². The Kier molecular flexibility index (Phi) is 1.91. The molecule has 0 saturated heterocycles. The molecule has 0 aromatic carbocycles. The Morgan fingerprint density at radius 3 is 2.44 bits per heavy atom. The minimum Gasteiger partial charge on any atom is -0.389 e. The van der Waals surface area contributed by atoms with E-state index in [2.05, 4.69) is 19.9 Å². The van der Waals surface area contributed by atoms with E-state index < -0.39 is 0 Å². The van der Waals surface area contributed by atoms with Gasteiger partial charge in [0.1, 0.15) is 0 Å². The van der Waals surface area contributed by atoms with Crippen molar-refractivity contribution in [3.8, 4) is 0 Å². The Bertz CT molecular complexity index is 118. The molecule has 52 valence electrons. The van der Waals surface area contributed by atoms with Crippen molar-refractivity contribution in [1.82, 2.24) is 0 Å². The summed E-state index contributed by atoms with van der Waals surface area (Å²) < 4.78 is 0. The highest BCUT2D eigenvalue weighted by Gasteiger charge is 2.17. The van der Waals surface area contributed by atoms with Gasteiger partial charge >= 0.3 is 0 Å². The lowest BCUT2D eigenvalue weighted by Gasteiger charge is -2.22. The second-order valence-electron chi connectivity index (χ2n) is 3.07. The summed E-state index contributed by atoms with van der Waals surface area (Å²) in [4.78, 5) is 0.